The van der Waals surface area contributed by atoms with Gasteiger partial charge in [-0.25, -0.2) is 9.97 Å². The SMILES string of the molecule is CN=CC(=NN)c1ccc2cnc(NC(=O)c3ccnc(N4CCC(N(C)C)CC4)c3)cc2c1. The van der Waals surface area contributed by atoms with Crippen LogP contribution in [0, 0.1) is 0 Å². The lowest BCUT2D eigenvalue weighted by atomic mass is 10.0. The first kappa shape index (κ1) is 23.3. The lowest BCUT2D eigenvalue weighted by Crippen LogP contribution is -2.42. The van der Waals surface area contributed by atoms with Crippen LogP contribution < -0.4 is 16.1 Å². The number of nitrogens with two attached hydrogens (primary N) is 1. The van der Waals surface area contributed by atoms with Gasteiger partial charge in [-0.1, -0.05) is 12.1 Å². The van der Waals surface area contributed by atoms with Crippen LogP contribution in [0.3, 0.4) is 0 Å². The fourth-order valence-corrected chi connectivity index (χ4v) is 4.21. The topological polar surface area (TPSA) is 112 Å². The summed E-state index contributed by atoms with van der Waals surface area (Å²) in [6.07, 6.45) is 7.18. The van der Waals surface area contributed by atoms with Crippen molar-refractivity contribution in [2.24, 2.45) is 15.9 Å². The number of amides is 1. The number of aliphatic imine (C=N–C) groups is 1. The zero-order valence-electron chi connectivity index (χ0n) is 19.8. The van der Waals surface area contributed by atoms with Gasteiger partial charge in [0, 0.05) is 61.3 Å². The van der Waals surface area contributed by atoms with Gasteiger partial charge in [0.2, 0.25) is 0 Å². The van der Waals surface area contributed by atoms with Crippen molar-refractivity contribution >= 4 is 40.2 Å². The molecule has 0 spiro atoms. The Morgan fingerprint density at radius 3 is 2.62 bits per heavy atom. The van der Waals surface area contributed by atoms with E-state index in [0.717, 1.165) is 48.1 Å². The zero-order valence-corrected chi connectivity index (χ0v) is 19.8. The van der Waals surface area contributed by atoms with Crippen molar-refractivity contribution in [3.05, 3.63) is 59.9 Å². The molecule has 0 bridgehead atoms. The van der Waals surface area contributed by atoms with Crippen LogP contribution in [0.2, 0.25) is 0 Å². The van der Waals surface area contributed by atoms with E-state index in [-0.39, 0.29) is 5.91 Å². The van der Waals surface area contributed by atoms with Gasteiger partial charge in [-0.15, -0.1) is 0 Å². The molecule has 3 N–H and O–H groups in total. The van der Waals surface area contributed by atoms with Crippen LogP contribution in [-0.4, -0.2) is 73.0 Å². The first-order chi connectivity index (χ1) is 16.5. The normalized spacial score (nSPS) is 15.4. The Bertz CT molecular complexity index is 1230. The minimum atomic E-state index is -0.225. The highest BCUT2D eigenvalue weighted by atomic mass is 16.1. The highest BCUT2D eigenvalue weighted by Crippen LogP contribution is 2.22. The number of carbonyl (C=O) groups excluding carboxylic acids is 1. The Balaban J connectivity index is 1.50. The fourth-order valence-electron chi connectivity index (χ4n) is 4.21. The molecule has 34 heavy (non-hydrogen) atoms. The summed E-state index contributed by atoms with van der Waals surface area (Å²) in [4.78, 5) is 30.4. The predicted molar refractivity (Wildman–Crippen MR) is 138 cm³/mol. The number of pyridine rings is 2. The summed E-state index contributed by atoms with van der Waals surface area (Å²) in [5.41, 5.74) is 1.96. The summed E-state index contributed by atoms with van der Waals surface area (Å²) in [5.74, 6) is 6.57. The Morgan fingerprint density at radius 2 is 1.91 bits per heavy atom. The largest absolute Gasteiger partial charge is 0.356 e. The Hall–Kier alpha value is -3.85. The second-order valence-corrected chi connectivity index (χ2v) is 8.57. The number of hydrogen-bond donors (Lipinski definition) is 2. The van der Waals surface area contributed by atoms with Crippen molar-refractivity contribution in [3.63, 3.8) is 0 Å². The van der Waals surface area contributed by atoms with Crippen LogP contribution in [0.4, 0.5) is 11.6 Å². The molecule has 1 aliphatic rings. The Morgan fingerprint density at radius 1 is 1.12 bits per heavy atom. The molecule has 0 saturated carbocycles. The molecule has 9 heteroatoms. The van der Waals surface area contributed by atoms with Crippen molar-refractivity contribution in [2.45, 2.75) is 18.9 Å². The van der Waals surface area contributed by atoms with E-state index in [2.05, 4.69) is 49.3 Å². The van der Waals surface area contributed by atoms with Gasteiger partial charge >= 0.3 is 0 Å². The van der Waals surface area contributed by atoms with E-state index < -0.39 is 0 Å². The lowest BCUT2D eigenvalue weighted by Gasteiger charge is -2.35. The smallest absolute Gasteiger partial charge is 0.257 e. The van der Waals surface area contributed by atoms with Gasteiger partial charge in [0.05, 0.1) is 0 Å². The van der Waals surface area contributed by atoms with E-state index in [1.54, 1.807) is 31.7 Å². The third-order valence-corrected chi connectivity index (χ3v) is 6.18. The Labute approximate surface area is 199 Å². The van der Waals surface area contributed by atoms with Crippen LogP contribution in [-0.2, 0) is 0 Å². The molecule has 0 radical (unpaired) electrons. The number of piperidine rings is 1. The molecular weight excluding hydrogens is 428 g/mol. The number of benzene rings is 1. The number of carbonyl (C=O) groups is 1. The quantitative estimate of drug-likeness (QED) is 0.334. The molecule has 2 aromatic heterocycles. The number of nitrogens with one attached hydrogen (secondary N) is 1. The molecule has 176 valence electrons. The average molecular weight is 459 g/mol. The number of anilines is 2. The third kappa shape index (κ3) is 5.20. The summed E-state index contributed by atoms with van der Waals surface area (Å²) in [7, 11) is 5.91. The molecule has 0 atom stereocenters. The van der Waals surface area contributed by atoms with E-state index >= 15 is 0 Å². The van der Waals surface area contributed by atoms with Gasteiger partial charge in [-0.2, -0.15) is 5.10 Å². The van der Waals surface area contributed by atoms with Crippen LogP contribution in [0.25, 0.3) is 10.8 Å². The molecule has 1 saturated heterocycles. The second kappa shape index (κ2) is 10.4. The molecular formula is C25H30N8O. The molecule has 9 nitrogen and oxygen atoms in total. The summed E-state index contributed by atoms with van der Waals surface area (Å²) < 4.78 is 0. The minimum Gasteiger partial charge on any atom is -0.356 e. The maximum absolute atomic E-state index is 13.0. The van der Waals surface area contributed by atoms with Crippen LogP contribution >= 0.6 is 0 Å². The molecule has 1 fully saturated rings. The van der Waals surface area contributed by atoms with Gasteiger partial charge < -0.3 is 21.0 Å². The molecule has 3 aromatic rings. The van der Waals surface area contributed by atoms with Crippen molar-refractivity contribution in [1.82, 2.24) is 14.9 Å². The molecule has 1 aromatic carbocycles. The number of hydrogen-bond acceptors (Lipinski definition) is 8. The highest BCUT2D eigenvalue weighted by Gasteiger charge is 2.22. The highest BCUT2D eigenvalue weighted by molar-refractivity contribution is 6.38. The van der Waals surface area contributed by atoms with E-state index in [1.807, 2.05) is 30.3 Å². The number of rotatable bonds is 6. The second-order valence-electron chi connectivity index (χ2n) is 8.57. The number of nitrogens with zero attached hydrogens (tertiary/aromatic N) is 6. The molecule has 4 rings (SSSR count). The predicted octanol–water partition coefficient (Wildman–Crippen LogP) is 2.78. The molecule has 3 heterocycles. The first-order valence-electron chi connectivity index (χ1n) is 11.3. The summed E-state index contributed by atoms with van der Waals surface area (Å²) in [5, 5.41) is 8.55. The van der Waals surface area contributed by atoms with Crippen molar-refractivity contribution in [3.8, 4) is 0 Å². The summed E-state index contributed by atoms with van der Waals surface area (Å²) in [6.45, 7) is 1.85. The van der Waals surface area contributed by atoms with Gasteiger partial charge in [0.25, 0.3) is 5.91 Å². The summed E-state index contributed by atoms with van der Waals surface area (Å²) >= 11 is 0. The lowest BCUT2D eigenvalue weighted by molar-refractivity contribution is 0.102. The van der Waals surface area contributed by atoms with E-state index in [9.17, 15) is 4.79 Å². The monoisotopic (exact) mass is 458 g/mol. The number of fused-ring (bicyclic) bond motifs is 1. The maximum Gasteiger partial charge on any atom is 0.257 e. The molecule has 1 amide bonds. The van der Waals surface area contributed by atoms with Crippen molar-refractivity contribution < 1.29 is 4.79 Å². The van der Waals surface area contributed by atoms with Crippen LogP contribution in [0.15, 0.2) is 58.9 Å². The average Bonchev–Trinajstić information content (AvgIpc) is 2.87. The summed E-state index contributed by atoms with van der Waals surface area (Å²) in [6, 6.07) is 11.8. The van der Waals surface area contributed by atoms with E-state index in [1.165, 1.54) is 0 Å². The number of hydrazone groups is 1. The van der Waals surface area contributed by atoms with Gasteiger partial charge in [0.1, 0.15) is 17.3 Å². The maximum atomic E-state index is 13.0. The number of aromatic nitrogens is 2. The third-order valence-electron chi connectivity index (χ3n) is 6.18. The molecule has 0 aliphatic carbocycles. The van der Waals surface area contributed by atoms with Crippen LogP contribution in [0.5, 0.6) is 0 Å². The Kier molecular flexibility index (Phi) is 7.12. The van der Waals surface area contributed by atoms with E-state index in [4.69, 9.17) is 5.84 Å². The van der Waals surface area contributed by atoms with Crippen molar-refractivity contribution in [2.75, 3.05) is 44.4 Å². The first-order valence-corrected chi connectivity index (χ1v) is 11.3. The van der Waals surface area contributed by atoms with Gasteiger partial charge in [-0.05, 0) is 56.6 Å². The van der Waals surface area contributed by atoms with Crippen molar-refractivity contribution in [1.29, 1.82) is 0 Å². The zero-order chi connectivity index (χ0) is 24.1. The van der Waals surface area contributed by atoms with Gasteiger partial charge in [0.15, 0.2) is 0 Å². The molecule has 0 unspecified atom stereocenters. The van der Waals surface area contributed by atoms with Gasteiger partial charge in [-0.3, -0.25) is 9.79 Å². The fraction of sp³-hybridized carbons (Fsp3) is 0.320. The standard InChI is InChI=1S/C25H30N8O/c1-27-16-22(31-26)17-4-5-19-15-29-23(13-20(19)12-17)30-25(34)18-6-9-28-24(14-18)33-10-7-21(8-11-33)32(2)3/h4-6,9,12-16,21H,7-8,10-11,26H2,1-3H3,(H,29,30,34). The van der Waals surface area contributed by atoms with E-state index in [0.29, 0.717) is 23.1 Å². The molecule has 1 aliphatic heterocycles. The van der Waals surface area contributed by atoms with Crippen LogP contribution in [0.1, 0.15) is 28.8 Å². The minimum absolute atomic E-state index is 0.225.